The minimum Gasteiger partial charge on any atom is -0.481 e. The van der Waals surface area contributed by atoms with E-state index in [9.17, 15) is 14.7 Å². The van der Waals surface area contributed by atoms with Crippen molar-refractivity contribution < 1.29 is 19.4 Å². The number of aromatic amines is 1. The zero-order valence-electron chi connectivity index (χ0n) is 20.7. The predicted octanol–water partition coefficient (Wildman–Crippen LogP) is 6.21. The Balaban J connectivity index is 1.53. The van der Waals surface area contributed by atoms with Gasteiger partial charge in [-0.2, -0.15) is 0 Å². The van der Waals surface area contributed by atoms with Crippen molar-refractivity contribution in [3.8, 4) is 0 Å². The summed E-state index contributed by atoms with van der Waals surface area (Å²) >= 11 is 0. The summed E-state index contributed by atoms with van der Waals surface area (Å²) in [7, 11) is 0. The largest absolute Gasteiger partial charge is 0.481 e. The fraction of sp³-hybridized carbons (Fsp3) is 0.586. The number of allylic oxidation sites excluding steroid dienone is 5. The highest BCUT2D eigenvalue weighted by Crippen LogP contribution is 2.46. The number of aliphatic carboxylic acids is 1. The van der Waals surface area contributed by atoms with Gasteiger partial charge >= 0.3 is 5.97 Å². The maximum absolute atomic E-state index is 13.4. The molecular weight excluding hydrogens is 426 g/mol. The highest BCUT2D eigenvalue weighted by atomic mass is 16.5. The van der Waals surface area contributed by atoms with Gasteiger partial charge in [0.15, 0.2) is 5.78 Å². The number of carboxylic acid groups (broad SMARTS) is 1. The van der Waals surface area contributed by atoms with Crippen molar-refractivity contribution in [3.63, 3.8) is 0 Å². The number of rotatable bonds is 8. The zero-order chi connectivity index (χ0) is 24.2. The Kier molecular flexibility index (Phi) is 7.92. The molecule has 2 heterocycles. The molecular formula is C29H39NO4. The molecule has 8 atom stereocenters. The number of hydrogen-bond acceptors (Lipinski definition) is 3. The van der Waals surface area contributed by atoms with Crippen LogP contribution in [0.15, 0.2) is 54.3 Å². The molecule has 0 unspecified atom stereocenters. The van der Waals surface area contributed by atoms with Gasteiger partial charge in [0.2, 0.25) is 0 Å². The van der Waals surface area contributed by atoms with Crippen LogP contribution in [0.3, 0.4) is 0 Å². The van der Waals surface area contributed by atoms with E-state index in [-0.39, 0.29) is 29.8 Å². The van der Waals surface area contributed by atoms with Crippen molar-refractivity contribution in [2.75, 3.05) is 0 Å². The summed E-state index contributed by atoms with van der Waals surface area (Å²) in [6.07, 6.45) is 18.6. The molecule has 1 saturated heterocycles. The van der Waals surface area contributed by atoms with Crippen molar-refractivity contribution in [3.05, 3.63) is 60.0 Å². The van der Waals surface area contributed by atoms with Gasteiger partial charge in [-0.3, -0.25) is 9.59 Å². The number of carbonyl (C=O) groups excluding carboxylic acids is 1. The number of nitrogens with one attached hydrogen (secondary N) is 1. The molecule has 184 valence electrons. The lowest BCUT2D eigenvalue weighted by Gasteiger charge is -2.37. The maximum Gasteiger partial charge on any atom is 0.308 e. The lowest BCUT2D eigenvalue weighted by molar-refractivity contribution is -0.152. The third kappa shape index (κ3) is 5.14. The highest BCUT2D eigenvalue weighted by Gasteiger charge is 2.42. The lowest BCUT2D eigenvalue weighted by atomic mass is 9.69. The summed E-state index contributed by atoms with van der Waals surface area (Å²) in [5, 5.41) is 9.43. The molecule has 3 aliphatic rings. The topological polar surface area (TPSA) is 79.4 Å². The Hall–Kier alpha value is -2.40. The smallest absolute Gasteiger partial charge is 0.308 e. The van der Waals surface area contributed by atoms with Crippen LogP contribution >= 0.6 is 0 Å². The van der Waals surface area contributed by atoms with E-state index in [2.05, 4.69) is 49.2 Å². The Bertz CT molecular complexity index is 943. The third-order valence-corrected chi connectivity index (χ3v) is 8.36. The SMILES string of the molecule is CC/C(=C/C=C/[C@@H]1C=C[C@@H]2CCC[C@@H]2[C@@H]1C(=O)c1ccc[nH]1)[C@H]1O[C@H]([C@H](C)C(=O)O)CC[C@@H]1C. The second kappa shape index (κ2) is 10.9. The quantitative estimate of drug-likeness (QED) is 0.272. The van der Waals surface area contributed by atoms with E-state index in [0.717, 1.165) is 25.7 Å². The normalized spacial score (nSPS) is 34.8. The summed E-state index contributed by atoms with van der Waals surface area (Å²) in [5.74, 6) is 0.237. The first-order valence-electron chi connectivity index (χ1n) is 13.0. The maximum atomic E-state index is 13.4. The Morgan fingerprint density at radius 2 is 2.06 bits per heavy atom. The van der Waals surface area contributed by atoms with Crippen LogP contribution in [0.25, 0.3) is 0 Å². The molecule has 5 nitrogen and oxygen atoms in total. The van der Waals surface area contributed by atoms with Gasteiger partial charge in [0, 0.05) is 18.0 Å². The van der Waals surface area contributed by atoms with Gasteiger partial charge in [-0.05, 0) is 74.5 Å². The average Bonchev–Trinajstić information content (AvgIpc) is 3.53. The van der Waals surface area contributed by atoms with E-state index in [1.54, 1.807) is 6.92 Å². The summed E-state index contributed by atoms with van der Waals surface area (Å²) in [6.45, 7) is 6.05. The van der Waals surface area contributed by atoms with Crippen molar-refractivity contribution in [1.29, 1.82) is 0 Å². The number of H-pyrrole nitrogens is 1. The number of aromatic nitrogens is 1. The molecule has 0 bridgehead atoms. The van der Waals surface area contributed by atoms with E-state index >= 15 is 0 Å². The van der Waals surface area contributed by atoms with Crippen LogP contribution in [-0.2, 0) is 9.53 Å². The van der Waals surface area contributed by atoms with E-state index in [0.29, 0.717) is 23.4 Å². The number of hydrogen-bond donors (Lipinski definition) is 2. The molecule has 2 N–H and O–H groups in total. The van der Waals surface area contributed by atoms with Gasteiger partial charge in [-0.15, -0.1) is 0 Å². The number of fused-ring (bicyclic) bond motifs is 1. The standard InChI is InChI=1S/C29H39NO4/c1-4-20(28-18(2)13-16-25(34-28)19(3)29(32)33)8-5-10-22-15-14-21-9-6-11-23(21)26(22)27(31)24-12-7-17-30-24/h5,7-8,10,12,14-15,17-19,21-23,25-26,28,30H,4,6,9,11,13,16H2,1-3H3,(H,32,33)/b10-5+,20-8-/t18-,19-,21-,22+,23-,25-,26+,28-/m0/s1. The predicted molar refractivity (Wildman–Crippen MR) is 133 cm³/mol. The molecule has 4 rings (SSSR count). The summed E-state index contributed by atoms with van der Waals surface area (Å²) in [5.41, 5.74) is 1.90. The Morgan fingerprint density at radius 1 is 1.24 bits per heavy atom. The van der Waals surface area contributed by atoms with Gasteiger partial charge in [0.25, 0.3) is 0 Å². The summed E-state index contributed by atoms with van der Waals surface area (Å²) in [4.78, 5) is 28.0. The van der Waals surface area contributed by atoms with Gasteiger partial charge in [0.1, 0.15) is 0 Å². The molecule has 34 heavy (non-hydrogen) atoms. The molecule has 1 saturated carbocycles. The van der Waals surface area contributed by atoms with Crippen LogP contribution in [0.2, 0.25) is 0 Å². The van der Waals surface area contributed by atoms with E-state index in [1.165, 1.54) is 18.4 Å². The number of Topliss-reactive ketones (excluding diaryl/α,β-unsaturated/α-hetero) is 1. The van der Waals surface area contributed by atoms with Crippen molar-refractivity contribution in [2.24, 2.45) is 35.5 Å². The minimum absolute atomic E-state index is 0.0310. The number of ether oxygens (including phenoxy) is 1. The van der Waals surface area contributed by atoms with Gasteiger partial charge in [-0.25, -0.2) is 0 Å². The number of carboxylic acids is 1. The first kappa shape index (κ1) is 24.7. The molecule has 2 fully saturated rings. The highest BCUT2D eigenvalue weighted by molar-refractivity contribution is 5.97. The zero-order valence-corrected chi connectivity index (χ0v) is 20.7. The second-order valence-electron chi connectivity index (χ2n) is 10.5. The molecule has 1 aliphatic heterocycles. The summed E-state index contributed by atoms with van der Waals surface area (Å²) < 4.78 is 6.33. The molecule has 0 spiro atoms. The molecule has 5 heteroatoms. The number of carbonyl (C=O) groups is 2. The van der Waals surface area contributed by atoms with Gasteiger partial charge in [0.05, 0.1) is 23.8 Å². The minimum atomic E-state index is -0.799. The number of ketones is 1. The van der Waals surface area contributed by atoms with Crippen LogP contribution in [0, 0.1) is 35.5 Å². The first-order valence-corrected chi connectivity index (χ1v) is 13.0. The van der Waals surface area contributed by atoms with Gasteiger partial charge < -0.3 is 14.8 Å². The molecule has 0 radical (unpaired) electrons. The summed E-state index contributed by atoms with van der Waals surface area (Å²) in [6, 6.07) is 3.78. The molecule has 1 aromatic rings. The van der Waals surface area contributed by atoms with E-state index < -0.39 is 11.9 Å². The first-order chi connectivity index (χ1) is 16.4. The Labute approximate surface area is 203 Å². The third-order valence-electron chi connectivity index (χ3n) is 8.36. The van der Waals surface area contributed by atoms with Crippen molar-refractivity contribution in [1.82, 2.24) is 4.98 Å². The fourth-order valence-electron chi connectivity index (χ4n) is 6.26. The van der Waals surface area contributed by atoms with Crippen LogP contribution < -0.4 is 0 Å². The molecule has 0 amide bonds. The van der Waals surface area contributed by atoms with E-state index in [4.69, 9.17) is 4.74 Å². The molecule has 1 aromatic heterocycles. The van der Waals surface area contributed by atoms with Crippen LogP contribution in [-0.4, -0.2) is 34.1 Å². The van der Waals surface area contributed by atoms with Crippen molar-refractivity contribution in [2.45, 2.75) is 71.5 Å². The molecule has 2 aliphatic carbocycles. The van der Waals surface area contributed by atoms with Crippen LogP contribution in [0.5, 0.6) is 0 Å². The average molecular weight is 466 g/mol. The lowest BCUT2D eigenvalue weighted by Crippen LogP contribution is -2.40. The van der Waals surface area contributed by atoms with Gasteiger partial charge in [-0.1, -0.05) is 50.6 Å². The fourth-order valence-corrected chi connectivity index (χ4v) is 6.26. The second-order valence-corrected chi connectivity index (χ2v) is 10.5. The van der Waals surface area contributed by atoms with Crippen molar-refractivity contribution >= 4 is 11.8 Å². The monoisotopic (exact) mass is 465 g/mol. The van der Waals surface area contributed by atoms with Crippen LogP contribution in [0.4, 0.5) is 0 Å². The molecule has 0 aromatic carbocycles. The van der Waals surface area contributed by atoms with Crippen LogP contribution in [0.1, 0.15) is 69.8 Å². The Morgan fingerprint density at radius 3 is 2.76 bits per heavy atom. The van der Waals surface area contributed by atoms with E-state index in [1.807, 2.05) is 18.3 Å².